The zero-order valence-electron chi connectivity index (χ0n) is 8.31. The highest BCUT2D eigenvalue weighted by molar-refractivity contribution is 6.30. The highest BCUT2D eigenvalue weighted by Crippen LogP contribution is 2.17. The van der Waals surface area contributed by atoms with Crippen molar-refractivity contribution < 1.29 is 14.7 Å². The minimum absolute atomic E-state index is 0.0611. The molecule has 1 rings (SSSR count). The van der Waals surface area contributed by atoms with Crippen molar-refractivity contribution in [2.24, 2.45) is 5.73 Å². The molecule has 0 radical (unpaired) electrons. The Labute approximate surface area is 97.3 Å². The molecule has 5 heteroatoms. The molecule has 4 nitrogen and oxygen atoms in total. The Morgan fingerprint density at radius 2 is 2.12 bits per heavy atom. The van der Waals surface area contributed by atoms with Crippen LogP contribution in [0, 0.1) is 0 Å². The number of rotatable bonds is 4. The lowest BCUT2D eigenvalue weighted by atomic mass is 10.1. The Morgan fingerprint density at radius 3 is 2.69 bits per heavy atom. The summed E-state index contributed by atoms with van der Waals surface area (Å²) >= 11 is 5.74. The van der Waals surface area contributed by atoms with Gasteiger partial charge >= 0.3 is 5.97 Å². The molecule has 0 aliphatic heterocycles. The summed E-state index contributed by atoms with van der Waals surface area (Å²) in [6.45, 7) is 0. The fraction of sp³-hybridized carbons (Fsp3) is 0.0909. The number of carbonyl (C=O) groups excluding carboxylic acids is 1. The van der Waals surface area contributed by atoms with Gasteiger partial charge in [0.15, 0.2) is 0 Å². The topological polar surface area (TPSA) is 80.4 Å². The van der Waals surface area contributed by atoms with Gasteiger partial charge in [-0.3, -0.25) is 4.79 Å². The van der Waals surface area contributed by atoms with E-state index in [0.29, 0.717) is 10.6 Å². The van der Waals surface area contributed by atoms with Crippen LogP contribution in [0.3, 0.4) is 0 Å². The van der Waals surface area contributed by atoms with Crippen molar-refractivity contribution in [2.75, 3.05) is 0 Å². The average Bonchev–Trinajstić information content (AvgIpc) is 2.16. The van der Waals surface area contributed by atoms with Crippen molar-refractivity contribution in [3.05, 3.63) is 40.4 Å². The number of halogens is 1. The SMILES string of the molecule is NC(=O)CC=Cc1cc(Cl)ccc1C(=O)O. The van der Waals surface area contributed by atoms with Crippen molar-refractivity contribution in [3.63, 3.8) is 0 Å². The third-order valence-electron chi connectivity index (χ3n) is 1.86. The predicted octanol–water partition coefficient (Wildman–Crippen LogP) is 1.93. The molecule has 0 heterocycles. The highest BCUT2D eigenvalue weighted by atomic mass is 35.5. The average molecular weight is 240 g/mol. The molecule has 16 heavy (non-hydrogen) atoms. The number of nitrogens with two attached hydrogens (primary N) is 1. The standard InChI is InChI=1S/C11H10ClNO3/c12-8-4-5-9(11(15)16)7(6-8)2-1-3-10(13)14/h1-2,4-6H,3H2,(H2,13,14)(H,15,16). The largest absolute Gasteiger partial charge is 0.478 e. The van der Waals surface area contributed by atoms with E-state index in [2.05, 4.69) is 0 Å². The number of amides is 1. The molecule has 0 aliphatic rings. The second-order valence-electron chi connectivity index (χ2n) is 3.11. The van der Waals surface area contributed by atoms with E-state index in [0.717, 1.165) is 0 Å². The van der Waals surface area contributed by atoms with Gasteiger partial charge in [0.25, 0.3) is 0 Å². The quantitative estimate of drug-likeness (QED) is 0.842. The van der Waals surface area contributed by atoms with Gasteiger partial charge in [0.1, 0.15) is 0 Å². The lowest BCUT2D eigenvalue weighted by Crippen LogP contribution is -2.08. The number of hydrogen-bond acceptors (Lipinski definition) is 2. The molecule has 0 aliphatic carbocycles. The number of primary amides is 1. The summed E-state index contributed by atoms with van der Waals surface area (Å²) in [5.41, 5.74) is 5.53. The van der Waals surface area contributed by atoms with Gasteiger partial charge in [-0.1, -0.05) is 23.8 Å². The molecule has 0 unspecified atom stereocenters. The van der Waals surface area contributed by atoms with Gasteiger partial charge in [0, 0.05) is 11.4 Å². The smallest absolute Gasteiger partial charge is 0.336 e. The van der Waals surface area contributed by atoms with E-state index >= 15 is 0 Å². The Balaban J connectivity index is 3.01. The fourth-order valence-electron chi connectivity index (χ4n) is 1.17. The van der Waals surface area contributed by atoms with Crippen LogP contribution in [-0.2, 0) is 4.79 Å². The Bertz CT molecular complexity index is 455. The highest BCUT2D eigenvalue weighted by Gasteiger charge is 2.07. The first-order valence-corrected chi connectivity index (χ1v) is 4.86. The van der Waals surface area contributed by atoms with E-state index in [9.17, 15) is 9.59 Å². The van der Waals surface area contributed by atoms with E-state index in [1.807, 2.05) is 0 Å². The number of carboxylic acid groups (broad SMARTS) is 1. The minimum Gasteiger partial charge on any atom is -0.478 e. The summed E-state index contributed by atoms with van der Waals surface area (Å²) in [7, 11) is 0. The molecule has 3 N–H and O–H groups in total. The molecule has 1 aromatic rings. The third kappa shape index (κ3) is 3.40. The number of benzene rings is 1. The first kappa shape index (κ1) is 12.3. The summed E-state index contributed by atoms with van der Waals surface area (Å²) in [5.74, 6) is -1.52. The first-order chi connectivity index (χ1) is 7.50. The maximum atomic E-state index is 10.9. The lowest BCUT2D eigenvalue weighted by molar-refractivity contribution is -0.117. The molecule has 1 aromatic carbocycles. The molecule has 0 aromatic heterocycles. The fourth-order valence-corrected chi connectivity index (χ4v) is 1.35. The van der Waals surface area contributed by atoms with E-state index in [1.165, 1.54) is 30.4 Å². The van der Waals surface area contributed by atoms with Crippen LogP contribution >= 0.6 is 11.6 Å². The molecular formula is C11H10ClNO3. The van der Waals surface area contributed by atoms with Crippen LogP contribution in [-0.4, -0.2) is 17.0 Å². The van der Waals surface area contributed by atoms with E-state index in [1.54, 1.807) is 0 Å². The summed E-state index contributed by atoms with van der Waals surface area (Å²) in [5, 5.41) is 9.33. The van der Waals surface area contributed by atoms with Gasteiger partial charge in [0.2, 0.25) is 5.91 Å². The molecule has 0 saturated carbocycles. The minimum atomic E-state index is -1.05. The molecule has 0 atom stereocenters. The summed E-state index contributed by atoms with van der Waals surface area (Å²) in [6.07, 6.45) is 3.08. The van der Waals surface area contributed by atoms with Crippen molar-refractivity contribution in [2.45, 2.75) is 6.42 Å². The van der Waals surface area contributed by atoms with Gasteiger partial charge in [-0.15, -0.1) is 0 Å². The van der Waals surface area contributed by atoms with Crippen LogP contribution in [0.4, 0.5) is 0 Å². The van der Waals surface area contributed by atoms with Crippen LogP contribution < -0.4 is 5.73 Å². The number of hydrogen-bond donors (Lipinski definition) is 2. The Hall–Kier alpha value is -1.81. The zero-order chi connectivity index (χ0) is 12.1. The van der Waals surface area contributed by atoms with E-state index < -0.39 is 11.9 Å². The van der Waals surface area contributed by atoms with Crippen molar-refractivity contribution >= 4 is 29.6 Å². The molecule has 0 bridgehead atoms. The van der Waals surface area contributed by atoms with Crippen molar-refractivity contribution in [1.82, 2.24) is 0 Å². The number of carbonyl (C=O) groups is 2. The maximum Gasteiger partial charge on any atom is 0.336 e. The molecule has 0 fully saturated rings. The lowest BCUT2D eigenvalue weighted by Gasteiger charge is -2.01. The predicted molar refractivity (Wildman–Crippen MR) is 61.3 cm³/mol. The van der Waals surface area contributed by atoms with Crippen LogP contribution in [0.2, 0.25) is 5.02 Å². The van der Waals surface area contributed by atoms with Crippen molar-refractivity contribution in [3.8, 4) is 0 Å². The molecule has 0 saturated heterocycles. The summed E-state index contributed by atoms with van der Waals surface area (Å²) in [4.78, 5) is 21.4. The molecule has 84 valence electrons. The van der Waals surface area contributed by atoms with Crippen LogP contribution in [0.5, 0.6) is 0 Å². The molecule has 0 spiro atoms. The maximum absolute atomic E-state index is 10.9. The van der Waals surface area contributed by atoms with Crippen LogP contribution in [0.1, 0.15) is 22.3 Å². The Morgan fingerprint density at radius 1 is 1.44 bits per heavy atom. The Kier molecular flexibility index (Phi) is 4.08. The molecular weight excluding hydrogens is 230 g/mol. The van der Waals surface area contributed by atoms with Gasteiger partial charge in [-0.2, -0.15) is 0 Å². The normalized spacial score (nSPS) is 10.6. The summed E-state index contributed by atoms with van der Waals surface area (Å²) < 4.78 is 0. The zero-order valence-corrected chi connectivity index (χ0v) is 9.07. The first-order valence-electron chi connectivity index (χ1n) is 4.48. The molecule has 1 amide bonds. The number of aromatic carboxylic acids is 1. The summed E-state index contributed by atoms with van der Waals surface area (Å²) in [6, 6.07) is 4.42. The second-order valence-corrected chi connectivity index (χ2v) is 3.55. The van der Waals surface area contributed by atoms with Gasteiger partial charge in [-0.05, 0) is 23.8 Å². The van der Waals surface area contributed by atoms with Crippen LogP contribution in [0.25, 0.3) is 6.08 Å². The van der Waals surface area contributed by atoms with Crippen LogP contribution in [0.15, 0.2) is 24.3 Å². The third-order valence-corrected chi connectivity index (χ3v) is 2.10. The van der Waals surface area contributed by atoms with E-state index in [4.69, 9.17) is 22.4 Å². The van der Waals surface area contributed by atoms with Gasteiger partial charge in [-0.25, -0.2) is 4.79 Å². The number of carboxylic acids is 1. The van der Waals surface area contributed by atoms with Gasteiger partial charge < -0.3 is 10.8 Å². The van der Waals surface area contributed by atoms with E-state index in [-0.39, 0.29) is 12.0 Å². The van der Waals surface area contributed by atoms with Crippen molar-refractivity contribution in [1.29, 1.82) is 0 Å². The second kappa shape index (κ2) is 5.32. The monoisotopic (exact) mass is 239 g/mol. The van der Waals surface area contributed by atoms with Gasteiger partial charge in [0.05, 0.1) is 5.56 Å².